The highest BCUT2D eigenvalue weighted by atomic mass is 19.1. The molecule has 0 bridgehead atoms. The zero-order chi connectivity index (χ0) is 13.5. The van der Waals surface area contributed by atoms with Crippen LogP contribution >= 0.6 is 0 Å². The van der Waals surface area contributed by atoms with E-state index < -0.39 is 5.82 Å². The third-order valence-corrected chi connectivity index (χ3v) is 2.50. The van der Waals surface area contributed by atoms with Crippen molar-refractivity contribution >= 4 is 5.91 Å². The smallest absolute Gasteiger partial charge is 0.225 e. The fourth-order valence-electron chi connectivity index (χ4n) is 1.46. The van der Waals surface area contributed by atoms with E-state index >= 15 is 0 Å². The van der Waals surface area contributed by atoms with Crippen molar-refractivity contribution in [2.75, 3.05) is 27.2 Å². The summed E-state index contributed by atoms with van der Waals surface area (Å²) >= 11 is 0. The molecule has 0 aliphatic rings. The highest BCUT2D eigenvalue weighted by Crippen LogP contribution is 2.18. The summed E-state index contributed by atoms with van der Waals surface area (Å²) in [5.74, 6) is -0.296. The van der Waals surface area contributed by atoms with Gasteiger partial charge in [-0.1, -0.05) is 6.07 Å². The summed E-state index contributed by atoms with van der Waals surface area (Å²) < 4.78 is 18.8. The summed E-state index contributed by atoms with van der Waals surface area (Å²) in [4.78, 5) is 12.8. The molecule has 0 saturated heterocycles. The number of carbonyl (C=O) groups excluding carboxylic acids is 1. The van der Waals surface area contributed by atoms with Gasteiger partial charge in [0.25, 0.3) is 0 Å². The molecule has 0 unspecified atom stereocenters. The zero-order valence-corrected chi connectivity index (χ0v) is 10.8. The number of nitrogens with zero attached hydrogens (tertiary/aromatic N) is 1. The number of rotatable bonds is 6. The molecule has 0 heterocycles. The average Bonchev–Trinajstić information content (AvgIpc) is 2.32. The average molecular weight is 254 g/mol. The molecule has 0 atom stereocenters. The second kappa shape index (κ2) is 6.96. The molecule has 1 aromatic rings. The van der Waals surface area contributed by atoms with Crippen molar-refractivity contribution in [1.82, 2.24) is 4.90 Å². The van der Waals surface area contributed by atoms with Gasteiger partial charge in [0.05, 0.1) is 13.0 Å². The lowest BCUT2D eigenvalue weighted by Crippen LogP contribution is -2.23. The predicted octanol–water partition coefficient (Wildman–Crippen LogP) is 1.18. The fourth-order valence-corrected chi connectivity index (χ4v) is 1.46. The SMILES string of the molecule is CN(C)C(=O)CCOc1ccc(CCN)cc1F. The Morgan fingerprint density at radius 3 is 2.72 bits per heavy atom. The van der Waals surface area contributed by atoms with Crippen LogP contribution in [0.4, 0.5) is 4.39 Å². The first-order valence-corrected chi connectivity index (χ1v) is 5.86. The maximum atomic E-state index is 13.6. The van der Waals surface area contributed by atoms with Crippen molar-refractivity contribution in [2.45, 2.75) is 12.8 Å². The van der Waals surface area contributed by atoms with E-state index in [0.29, 0.717) is 13.0 Å². The van der Waals surface area contributed by atoms with Crippen molar-refractivity contribution in [3.05, 3.63) is 29.6 Å². The highest BCUT2D eigenvalue weighted by Gasteiger charge is 2.07. The lowest BCUT2D eigenvalue weighted by Gasteiger charge is -2.11. The minimum Gasteiger partial charge on any atom is -0.490 e. The number of hydrogen-bond acceptors (Lipinski definition) is 3. The Bertz CT molecular complexity index is 408. The molecule has 1 rings (SSSR count). The van der Waals surface area contributed by atoms with Crippen molar-refractivity contribution in [1.29, 1.82) is 0 Å². The molecule has 4 nitrogen and oxygen atoms in total. The fraction of sp³-hybridized carbons (Fsp3) is 0.462. The maximum Gasteiger partial charge on any atom is 0.225 e. The summed E-state index contributed by atoms with van der Waals surface area (Å²) in [6.45, 7) is 0.654. The van der Waals surface area contributed by atoms with E-state index in [1.165, 1.54) is 11.0 Å². The summed E-state index contributed by atoms with van der Waals surface area (Å²) in [6.07, 6.45) is 0.868. The first-order valence-electron chi connectivity index (χ1n) is 5.86. The molecule has 0 spiro atoms. The van der Waals surface area contributed by atoms with Gasteiger partial charge in [0.15, 0.2) is 11.6 Å². The van der Waals surface area contributed by atoms with Crippen LogP contribution in [0.5, 0.6) is 5.75 Å². The number of hydrogen-bond donors (Lipinski definition) is 1. The van der Waals surface area contributed by atoms with Gasteiger partial charge >= 0.3 is 0 Å². The molecule has 0 saturated carbocycles. The van der Waals surface area contributed by atoms with Gasteiger partial charge in [-0.15, -0.1) is 0 Å². The van der Waals surface area contributed by atoms with Crippen LogP contribution in [0.3, 0.4) is 0 Å². The lowest BCUT2D eigenvalue weighted by atomic mass is 10.1. The van der Waals surface area contributed by atoms with Gasteiger partial charge in [-0.05, 0) is 30.7 Å². The topological polar surface area (TPSA) is 55.6 Å². The van der Waals surface area contributed by atoms with Crippen LogP contribution in [0.25, 0.3) is 0 Å². The first kappa shape index (κ1) is 14.4. The van der Waals surface area contributed by atoms with Gasteiger partial charge in [-0.3, -0.25) is 4.79 Å². The Morgan fingerprint density at radius 2 is 2.17 bits per heavy atom. The number of ether oxygens (including phenoxy) is 1. The molecule has 18 heavy (non-hydrogen) atoms. The highest BCUT2D eigenvalue weighted by molar-refractivity contribution is 5.75. The number of carbonyl (C=O) groups is 1. The minimum absolute atomic E-state index is 0.0461. The Balaban J connectivity index is 2.50. The lowest BCUT2D eigenvalue weighted by molar-refractivity contribution is -0.129. The van der Waals surface area contributed by atoms with Gasteiger partial charge in [0, 0.05) is 14.1 Å². The molecule has 0 radical (unpaired) electrons. The van der Waals surface area contributed by atoms with E-state index in [-0.39, 0.29) is 24.7 Å². The Kier molecular flexibility index (Phi) is 5.58. The molecule has 2 N–H and O–H groups in total. The summed E-state index contributed by atoms with van der Waals surface area (Å²) in [5, 5.41) is 0. The van der Waals surface area contributed by atoms with Gasteiger partial charge in [-0.2, -0.15) is 0 Å². The molecule has 1 aromatic carbocycles. The molecule has 0 aliphatic carbocycles. The molecular formula is C13H19FN2O2. The van der Waals surface area contributed by atoms with Crippen LogP contribution < -0.4 is 10.5 Å². The van der Waals surface area contributed by atoms with Crippen LogP contribution in [0.1, 0.15) is 12.0 Å². The standard InChI is InChI=1S/C13H19FN2O2/c1-16(2)13(17)6-8-18-12-4-3-10(5-7-15)9-11(12)14/h3-4,9H,5-8,15H2,1-2H3. The molecular weight excluding hydrogens is 235 g/mol. The second-order valence-electron chi connectivity index (χ2n) is 4.19. The van der Waals surface area contributed by atoms with E-state index in [2.05, 4.69) is 0 Å². The zero-order valence-electron chi connectivity index (χ0n) is 10.8. The number of halogens is 1. The normalized spacial score (nSPS) is 10.2. The summed E-state index contributed by atoms with van der Waals surface area (Å²) in [6, 6.07) is 4.76. The van der Waals surface area contributed by atoms with Gasteiger partial charge in [0.1, 0.15) is 0 Å². The van der Waals surface area contributed by atoms with Crippen molar-refractivity contribution in [3.8, 4) is 5.75 Å². The van der Waals surface area contributed by atoms with Crippen LogP contribution in [-0.4, -0.2) is 38.1 Å². The summed E-state index contributed by atoms with van der Waals surface area (Å²) in [5.41, 5.74) is 6.23. The van der Waals surface area contributed by atoms with Crippen molar-refractivity contribution in [3.63, 3.8) is 0 Å². The van der Waals surface area contributed by atoms with Crippen LogP contribution in [0, 0.1) is 5.82 Å². The van der Waals surface area contributed by atoms with Gasteiger partial charge in [0.2, 0.25) is 5.91 Å². The molecule has 0 aliphatic heterocycles. The Morgan fingerprint density at radius 1 is 1.44 bits per heavy atom. The summed E-state index contributed by atoms with van der Waals surface area (Å²) in [7, 11) is 3.34. The van der Waals surface area contributed by atoms with Gasteiger partial charge in [-0.25, -0.2) is 4.39 Å². The Hall–Kier alpha value is -1.62. The Labute approximate surface area is 107 Å². The second-order valence-corrected chi connectivity index (χ2v) is 4.19. The predicted molar refractivity (Wildman–Crippen MR) is 68.0 cm³/mol. The van der Waals surface area contributed by atoms with E-state index in [4.69, 9.17) is 10.5 Å². The third-order valence-electron chi connectivity index (χ3n) is 2.50. The molecule has 0 aromatic heterocycles. The van der Waals surface area contributed by atoms with Crippen LogP contribution in [0.2, 0.25) is 0 Å². The van der Waals surface area contributed by atoms with E-state index in [1.807, 2.05) is 0 Å². The number of benzene rings is 1. The number of amides is 1. The van der Waals surface area contributed by atoms with Crippen LogP contribution in [0.15, 0.2) is 18.2 Å². The maximum absolute atomic E-state index is 13.6. The quantitative estimate of drug-likeness (QED) is 0.829. The van der Waals surface area contributed by atoms with Gasteiger partial charge < -0.3 is 15.4 Å². The third kappa shape index (κ3) is 4.33. The molecule has 0 fully saturated rings. The van der Waals surface area contributed by atoms with E-state index in [0.717, 1.165) is 5.56 Å². The largest absolute Gasteiger partial charge is 0.490 e. The van der Waals surface area contributed by atoms with Crippen molar-refractivity contribution < 1.29 is 13.9 Å². The monoisotopic (exact) mass is 254 g/mol. The van der Waals surface area contributed by atoms with E-state index in [9.17, 15) is 9.18 Å². The molecule has 1 amide bonds. The molecule has 5 heteroatoms. The van der Waals surface area contributed by atoms with Crippen molar-refractivity contribution in [2.24, 2.45) is 5.73 Å². The van der Waals surface area contributed by atoms with E-state index in [1.54, 1.807) is 26.2 Å². The minimum atomic E-state index is -0.418. The molecule has 100 valence electrons. The number of nitrogens with two attached hydrogens (primary N) is 1. The van der Waals surface area contributed by atoms with Crippen LogP contribution in [-0.2, 0) is 11.2 Å². The first-order chi connectivity index (χ1) is 8.54.